The lowest BCUT2D eigenvalue weighted by Gasteiger charge is -2.06. The number of carboxylic acids is 1. The molecule has 0 heterocycles. The third-order valence-electron chi connectivity index (χ3n) is 2.74. The summed E-state index contributed by atoms with van der Waals surface area (Å²) in [7, 11) is 0. The molecule has 0 unspecified atom stereocenters. The minimum atomic E-state index is -1.03. The van der Waals surface area contributed by atoms with Gasteiger partial charge in [-0.25, -0.2) is 4.79 Å². The van der Waals surface area contributed by atoms with Gasteiger partial charge in [0, 0.05) is 20.1 Å². The van der Waals surface area contributed by atoms with Crippen molar-refractivity contribution in [2.75, 3.05) is 5.73 Å². The predicted octanol–water partition coefficient (Wildman–Crippen LogP) is 3.72. The number of ketones is 1. The Hall–Kier alpha value is -1.66. The Labute approximate surface area is 131 Å². The fourth-order valence-corrected chi connectivity index (χ4v) is 2.83. The quantitative estimate of drug-likeness (QED) is 0.609. The van der Waals surface area contributed by atoms with Gasteiger partial charge in [0.25, 0.3) is 0 Å². The molecule has 0 saturated heterocycles. The number of carbonyl (C=O) groups is 2. The zero-order valence-electron chi connectivity index (χ0n) is 10.1. The third kappa shape index (κ3) is 2.91. The van der Waals surface area contributed by atoms with Gasteiger partial charge in [0.1, 0.15) is 0 Å². The van der Waals surface area contributed by atoms with Crippen molar-refractivity contribution in [1.82, 2.24) is 0 Å². The molecule has 2 aromatic rings. The van der Waals surface area contributed by atoms with Crippen LogP contribution in [0.3, 0.4) is 0 Å². The third-order valence-corrected chi connectivity index (χ3v) is 4.05. The second-order valence-corrected chi connectivity index (χ2v) is 5.77. The van der Waals surface area contributed by atoms with Crippen molar-refractivity contribution in [3.63, 3.8) is 0 Å². The van der Waals surface area contributed by atoms with Gasteiger partial charge in [-0.1, -0.05) is 12.1 Å². The topological polar surface area (TPSA) is 80.4 Å². The molecule has 0 atom stereocenters. The van der Waals surface area contributed by atoms with E-state index in [1.165, 1.54) is 24.3 Å². The molecule has 0 amide bonds. The Morgan fingerprint density at radius 1 is 0.900 bits per heavy atom. The Morgan fingerprint density at radius 3 is 1.80 bits per heavy atom. The fourth-order valence-electron chi connectivity index (χ4n) is 1.65. The highest BCUT2D eigenvalue weighted by molar-refractivity contribution is 9.11. The Bertz CT molecular complexity index is 673. The molecule has 2 aromatic carbocycles. The number of hydrogen-bond acceptors (Lipinski definition) is 3. The summed E-state index contributed by atoms with van der Waals surface area (Å²) in [5.74, 6) is -1.23. The van der Waals surface area contributed by atoms with Crippen LogP contribution in [0.1, 0.15) is 26.3 Å². The summed E-state index contributed by atoms with van der Waals surface area (Å²) in [5.41, 5.74) is 7.30. The van der Waals surface area contributed by atoms with Gasteiger partial charge < -0.3 is 10.8 Å². The number of halogens is 2. The number of rotatable bonds is 3. The number of nitrogens with two attached hydrogens (primary N) is 1. The van der Waals surface area contributed by atoms with Crippen LogP contribution >= 0.6 is 31.9 Å². The molecule has 0 aliphatic heterocycles. The maximum Gasteiger partial charge on any atom is 0.335 e. The van der Waals surface area contributed by atoms with Crippen molar-refractivity contribution < 1.29 is 14.7 Å². The lowest BCUT2D eigenvalue weighted by atomic mass is 10.0. The van der Waals surface area contributed by atoms with Gasteiger partial charge >= 0.3 is 5.97 Å². The minimum absolute atomic E-state index is 0.140. The van der Waals surface area contributed by atoms with Crippen molar-refractivity contribution in [3.05, 3.63) is 62.0 Å². The van der Waals surface area contributed by atoms with Gasteiger partial charge in [0.15, 0.2) is 5.78 Å². The highest BCUT2D eigenvalue weighted by Crippen LogP contribution is 2.30. The molecule has 0 radical (unpaired) electrons. The first-order chi connectivity index (χ1) is 9.40. The first-order valence-corrected chi connectivity index (χ1v) is 7.11. The van der Waals surface area contributed by atoms with Crippen molar-refractivity contribution in [2.24, 2.45) is 0 Å². The number of anilines is 1. The summed E-state index contributed by atoms with van der Waals surface area (Å²) in [6, 6.07) is 9.04. The van der Waals surface area contributed by atoms with Crippen LogP contribution in [-0.2, 0) is 0 Å². The maximum atomic E-state index is 12.3. The van der Waals surface area contributed by atoms with Crippen molar-refractivity contribution in [3.8, 4) is 0 Å². The van der Waals surface area contributed by atoms with E-state index in [1.54, 1.807) is 12.1 Å². The predicted molar refractivity (Wildman–Crippen MR) is 83.1 cm³/mol. The monoisotopic (exact) mass is 397 g/mol. The second-order valence-electron chi connectivity index (χ2n) is 4.07. The van der Waals surface area contributed by atoms with Crippen molar-refractivity contribution >= 4 is 49.3 Å². The molecule has 2 rings (SSSR count). The van der Waals surface area contributed by atoms with E-state index in [-0.39, 0.29) is 11.3 Å². The Morgan fingerprint density at radius 2 is 1.35 bits per heavy atom. The van der Waals surface area contributed by atoms with E-state index >= 15 is 0 Å². The van der Waals surface area contributed by atoms with Gasteiger partial charge in [-0.2, -0.15) is 0 Å². The molecular weight excluding hydrogens is 390 g/mol. The van der Waals surface area contributed by atoms with Crippen LogP contribution < -0.4 is 5.73 Å². The van der Waals surface area contributed by atoms with Gasteiger partial charge in [-0.15, -0.1) is 0 Å². The van der Waals surface area contributed by atoms with Gasteiger partial charge in [-0.3, -0.25) is 4.79 Å². The standard InChI is InChI=1S/C14H9Br2NO3/c15-10-5-9(6-11(16)12(10)17)13(18)7-1-3-8(4-2-7)14(19)20/h1-6H,17H2,(H,19,20). The van der Waals surface area contributed by atoms with Crippen LogP contribution in [0.5, 0.6) is 0 Å². The Kier molecular flexibility index (Phi) is 4.25. The summed E-state index contributed by atoms with van der Waals surface area (Å²) in [4.78, 5) is 23.1. The molecule has 3 N–H and O–H groups in total. The SMILES string of the molecule is Nc1c(Br)cc(C(=O)c2ccc(C(=O)O)cc2)cc1Br. The maximum absolute atomic E-state index is 12.3. The number of carboxylic acid groups (broad SMARTS) is 1. The molecular formula is C14H9Br2NO3. The molecule has 4 nitrogen and oxygen atoms in total. The molecule has 0 aliphatic rings. The highest BCUT2D eigenvalue weighted by Gasteiger charge is 2.13. The van der Waals surface area contributed by atoms with Gasteiger partial charge in [-0.05, 0) is 56.1 Å². The summed E-state index contributed by atoms with van der Waals surface area (Å²) in [5, 5.41) is 8.82. The first kappa shape index (κ1) is 14.7. The number of aromatic carboxylic acids is 1. The molecule has 20 heavy (non-hydrogen) atoms. The van der Waals surface area contributed by atoms with Crippen LogP contribution in [0.4, 0.5) is 5.69 Å². The number of carbonyl (C=O) groups excluding carboxylic acids is 1. The lowest BCUT2D eigenvalue weighted by molar-refractivity contribution is 0.0696. The molecule has 0 aromatic heterocycles. The minimum Gasteiger partial charge on any atom is -0.478 e. The average molecular weight is 399 g/mol. The molecule has 0 bridgehead atoms. The smallest absolute Gasteiger partial charge is 0.335 e. The summed E-state index contributed by atoms with van der Waals surface area (Å²) < 4.78 is 1.25. The second kappa shape index (κ2) is 5.76. The highest BCUT2D eigenvalue weighted by atomic mass is 79.9. The summed E-state index contributed by atoms with van der Waals surface area (Å²) in [6.07, 6.45) is 0. The molecule has 0 spiro atoms. The summed E-state index contributed by atoms with van der Waals surface area (Å²) >= 11 is 6.57. The zero-order valence-corrected chi connectivity index (χ0v) is 13.2. The number of benzene rings is 2. The molecule has 0 fully saturated rings. The Balaban J connectivity index is 2.38. The van der Waals surface area contributed by atoms with Crippen LogP contribution in [0.25, 0.3) is 0 Å². The fraction of sp³-hybridized carbons (Fsp3) is 0. The van der Waals surface area contributed by atoms with Gasteiger partial charge in [0.05, 0.1) is 11.3 Å². The van der Waals surface area contributed by atoms with E-state index < -0.39 is 5.97 Å². The van der Waals surface area contributed by atoms with E-state index in [0.29, 0.717) is 25.8 Å². The molecule has 6 heteroatoms. The lowest BCUT2D eigenvalue weighted by Crippen LogP contribution is -2.04. The van der Waals surface area contributed by atoms with Crippen LogP contribution in [0.15, 0.2) is 45.3 Å². The van der Waals surface area contributed by atoms with Crippen LogP contribution in [0, 0.1) is 0 Å². The van der Waals surface area contributed by atoms with Crippen LogP contribution in [-0.4, -0.2) is 16.9 Å². The molecule has 0 saturated carbocycles. The van der Waals surface area contributed by atoms with Crippen molar-refractivity contribution in [2.45, 2.75) is 0 Å². The van der Waals surface area contributed by atoms with E-state index in [0.717, 1.165) is 0 Å². The van der Waals surface area contributed by atoms with Crippen LogP contribution in [0.2, 0.25) is 0 Å². The van der Waals surface area contributed by atoms with Gasteiger partial charge in [0.2, 0.25) is 0 Å². The van der Waals surface area contributed by atoms with E-state index in [4.69, 9.17) is 10.8 Å². The average Bonchev–Trinajstić information content (AvgIpc) is 2.43. The zero-order chi connectivity index (χ0) is 14.9. The largest absolute Gasteiger partial charge is 0.478 e. The van der Waals surface area contributed by atoms with E-state index in [2.05, 4.69) is 31.9 Å². The molecule has 0 aliphatic carbocycles. The summed E-state index contributed by atoms with van der Waals surface area (Å²) in [6.45, 7) is 0. The normalized spacial score (nSPS) is 10.3. The molecule has 102 valence electrons. The van der Waals surface area contributed by atoms with E-state index in [9.17, 15) is 9.59 Å². The van der Waals surface area contributed by atoms with Crippen molar-refractivity contribution in [1.29, 1.82) is 0 Å². The van der Waals surface area contributed by atoms with E-state index in [1.807, 2.05) is 0 Å². The first-order valence-electron chi connectivity index (χ1n) is 5.52. The number of hydrogen-bond donors (Lipinski definition) is 2. The number of nitrogen functional groups attached to an aromatic ring is 1.